The lowest BCUT2D eigenvalue weighted by molar-refractivity contribution is 0.0624. The van der Waals surface area contributed by atoms with E-state index >= 15 is 0 Å². The number of nitrogens with zero attached hydrogens (tertiary/aromatic N) is 3. The molecule has 1 aliphatic heterocycles. The summed E-state index contributed by atoms with van der Waals surface area (Å²) in [7, 11) is 0. The molecule has 1 aromatic rings. The Hall–Kier alpha value is -1.53. The van der Waals surface area contributed by atoms with Crippen molar-refractivity contribution in [1.29, 1.82) is 0 Å². The highest BCUT2D eigenvalue weighted by Gasteiger charge is 2.27. The van der Waals surface area contributed by atoms with Crippen molar-refractivity contribution in [2.75, 3.05) is 26.2 Å². The Labute approximate surface area is 125 Å². The van der Waals surface area contributed by atoms with Crippen molar-refractivity contribution in [3.05, 3.63) is 27.5 Å². The molecule has 1 saturated heterocycles. The predicted octanol–water partition coefficient (Wildman–Crippen LogP) is 2.13. The van der Waals surface area contributed by atoms with Gasteiger partial charge in [0.1, 0.15) is 5.15 Å². The van der Waals surface area contributed by atoms with Gasteiger partial charge in [0, 0.05) is 26.2 Å². The van der Waals surface area contributed by atoms with Crippen LogP contribution in [0.15, 0.2) is 6.07 Å². The van der Waals surface area contributed by atoms with Crippen LogP contribution in [0, 0.1) is 6.92 Å². The number of hydrogen-bond acceptors (Lipinski definition) is 3. The Balaban J connectivity index is 2.16. The van der Waals surface area contributed by atoms with E-state index in [2.05, 4.69) is 4.98 Å². The van der Waals surface area contributed by atoms with Crippen LogP contribution in [0.1, 0.15) is 16.1 Å². The van der Waals surface area contributed by atoms with Crippen LogP contribution in [0.2, 0.25) is 10.2 Å². The summed E-state index contributed by atoms with van der Waals surface area (Å²) in [6.07, 6.45) is -0.973. The molecule has 0 atom stereocenters. The molecule has 2 heterocycles. The molecule has 1 aliphatic rings. The summed E-state index contributed by atoms with van der Waals surface area (Å²) in [5.41, 5.74) is 0.785. The highest BCUT2D eigenvalue weighted by Crippen LogP contribution is 2.24. The zero-order chi connectivity index (χ0) is 14.9. The van der Waals surface area contributed by atoms with E-state index in [0.717, 1.165) is 0 Å². The molecule has 0 radical (unpaired) electrons. The molecule has 0 spiro atoms. The summed E-state index contributed by atoms with van der Waals surface area (Å²) in [6.45, 7) is 2.92. The molecule has 2 rings (SSSR count). The highest BCUT2D eigenvalue weighted by atomic mass is 35.5. The minimum absolute atomic E-state index is 0.236. The lowest BCUT2D eigenvalue weighted by Crippen LogP contribution is -2.50. The second kappa shape index (κ2) is 5.85. The topological polar surface area (TPSA) is 73.7 Å². The fraction of sp³-hybridized carbons (Fsp3) is 0.417. The Morgan fingerprint density at radius 2 is 1.75 bits per heavy atom. The van der Waals surface area contributed by atoms with Gasteiger partial charge in [0.25, 0.3) is 5.91 Å². The fourth-order valence-corrected chi connectivity index (χ4v) is 2.73. The quantitative estimate of drug-likeness (QED) is 0.805. The Morgan fingerprint density at radius 1 is 1.20 bits per heavy atom. The summed E-state index contributed by atoms with van der Waals surface area (Å²) in [6, 6.07) is 1.43. The number of rotatable bonds is 1. The molecular weight excluding hydrogens is 305 g/mol. The molecule has 1 aromatic heterocycles. The van der Waals surface area contributed by atoms with Crippen molar-refractivity contribution < 1.29 is 14.7 Å². The van der Waals surface area contributed by atoms with E-state index < -0.39 is 6.09 Å². The van der Waals surface area contributed by atoms with Gasteiger partial charge in [-0.3, -0.25) is 4.79 Å². The molecule has 6 nitrogen and oxygen atoms in total. The first-order valence-corrected chi connectivity index (χ1v) is 6.75. The largest absolute Gasteiger partial charge is 0.465 e. The van der Waals surface area contributed by atoms with Gasteiger partial charge in [-0.2, -0.15) is 0 Å². The number of hydrogen-bond donors (Lipinski definition) is 1. The van der Waals surface area contributed by atoms with Crippen LogP contribution >= 0.6 is 23.2 Å². The van der Waals surface area contributed by atoms with Crippen molar-refractivity contribution in [3.8, 4) is 0 Å². The van der Waals surface area contributed by atoms with Crippen molar-refractivity contribution in [3.63, 3.8) is 0 Å². The number of halogens is 2. The smallest absolute Gasteiger partial charge is 0.407 e. The molecule has 1 fully saturated rings. The molecule has 1 N–H and O–H groups in total. The molecule has 0 aliphatic carbocycles. The first-order chi connectivity index (χ1) is 9.40. The zero-order valence-corrected chi connectivity index (χ0v) is 12.3. The van der Waals surface area contributed by atoms with Crippen LogP contribution in [-0.4, -0.2) is 58.1 Å². The maximum absolute atomic E-state index is 12.4. The SMILES string of the molecule is Cc1nc(Cl)cc(Cl)c1C(=O)N1CCN(C(=O)O)CC1. The monoisotopic (exact) mass is 317 g/mol. The predicted molar refractivity (Wildman–Crippen MR) is 74.5 cm³/mol. The van der Waals surface area contributed by atoms with Crippen LogP contribution in [-0.2, 0) is 0 Å². The van der Waals surface area contributed by atoms with Crippen LogP contribution in [0.25, 0.3) is 0 Å². The Bertz CT molecular complexity index is 534. The summed E-state index contributed by atoms with van der Waals surface area (Å²) >= 11 is 11.8. The zero-order valence-electron chi connectivity index (χ0n) is 10.8. The van der Waals surface area contributed by atoms with Crippen LogP contribution in [0.4, 0.5) is 4.79 Å². The van der Waals surface area contributed by atoms with Crippen molar-refractivity contribution in [1.82, 2.24) is 14.8 Å². The third-order valence-electron chi connectivity index (χ3n) is 3.17. The minimum atomic E-state index is -0.973. The molecule has 20 heavy (non-hydrogen) atoms. The first kappa shape index (κ1) is 14.9. The maximum Gasteiger partial charge on any atom is 0.407 e. The average Bonchev–Trinajstić information content (AvgIpc) is 2.37. The van der Waals surface area contributed by atoms with E-state index in [0.29, 0.717) is 37.4 Å². The Kier molecular flexibility index (Phi) is 4.35. The number of aromatic nitrogens is 1. The fourth-order valence-electron chi connectivity index (χ4n) is 2.11. The van der Waals surface area contributed by atoms with Gasteiger partial charge in [0.2, 0.25) is 0 Å². The van der Waals surface area contributed by atoms with Crippen LogP contribution in [0.5, 0.6) is 0 Å². The third kappa shape index (κ3) is 2.96. The van der Waals surface area contributed by atoms with E-state index in [1.165, 1.54) is 11.0 Å². The lowest BCUT2D eigenvalue weighted by Gasteiger charge is -2.33. The van der Waals surface area contributed by atoms with E-state index in [9.17, 15) is 9.59 Å². The molecule has 0 saturated carbocycles. The van der Waals surface area contributed by atoms with E-state index in [1.54, 1.807) is 11.8 Å². The van der Waals surface area contributed by atoms with Gasteiger partial charge >= 0.3 is 6.09 Å². The lowest BCUT2D eigenvalue weighted by atomic mass is 10.1. The van der Waals surface area contributed by atoms with Gasteiger partial charge in [0.05, 0.1) is 16.3 Å². The standard InChI is InChI=1S/C12H13Cl2N3O3/c1-7-10(8(13)6-9(14)15-7)11(18)16-2-4-17(5-3-16)12(19)20/h6H,2-5H2,1H3,(H,19,20). The van der Waals surface area contributed by atoms with E-state index in [1.807, 2.05) is 0 Å². The van der Waals surface area contributed by atoms with Gasteiger partial charge in [-0.25, -0.2) is 9.78 Å². The highest BCUT2D eigenvalue weighted by molar-refractivity contribution is 6.36. The molecule has 0 aromatic carbocycles. The first-order valence-electron chi connectivity index (χ1n) is 6.00. The molecule has 2 amide bonds. The number of piperazine rings is 1. The average molecular weight is 318 g/mol. The van der Waals surface area contributed by atoms with Crippen molar-refractivity contribution >= 4 is 35.2 Å². The van der Waals surface area contributed by atoms with Gasteiger partial charge in [-0.1, -0.05) is 23.2 Å². The van der Waals surface area contributed by atoms with Crippen LogP contribution < -0.4 is 0 Å². The molecular formula is C12H13Cl2N3O3. The number of carbonyl (C=O) groups is 2. The number of carbonyl (C=O) groups excluding carboxylic acids is 1. The van der Waals surface area contributed by atoms with Gasteiger partial charge in [-0.05, 0) is 13.0 Å². The summed E-state index contributed by atoms with van der Waals surface area (Å²) in [5.74, 6) is -0.248. The van der Waals surface area contributed by atoms with Crippen molar-refractivity contribution in [2.45, 2.75) is 6.92 Å². The number of carboxylic acid groups (broad SMARTS) is 1. The third-order valence-corrected chi connectivity index (χ3v) is 3.66. The summed E-state index contributed by atoms with van der Waals surface area (Å²) in [5, 5.41) is 9.37. The van der Waals surface area contributed by atoms with Gasteiger partial charge in [0.15, 0.2) is 0 Å². The number of aryl methyl sites for hydroxylation is 1. The molecule has 0 unspecified atom stereocenters. The number of amides is 2. The summed E-state index contributed by atoms with van der Waals surface area (Å²) < 4.78 is 0. The van der Waals surface area contributed by atoms with E-state index in [-0.39, 0.29) is 16.1 Å². The number of pyridine rings is 1. The van der Waals surface area contributed by atoms with Gasteiger partial charge in [-0.15, -0.1) is 0 Å². The minimum Gasteiger partial charge on any atom is -0.465 e. The van der Waals surface area contributed by atoms with Crippen molar-refractivity contribution in [2.24, 2.45) is 0 Å². The second-order valence-corrected chi connectivity index (χ2v) is 5.24. The van der Waals surface area contributed by atoms with Gasteiger partial charge < -0.3 is 14.9 Å². The van der Waals surface area contributed by atoms with Crippen LogP contribution in [0.3, 0.4) is 0 Å². The molecule has 8 heteroatoms. The molecule has 0 bridgehead atoms. The normalized spacial score (nSPS) is 15.3. The van der Waals surface area contributed by atoms with E-state index in [4.69, 9.17) is 28.3 Å². The maximum atomic E-state index is 12.4. The second-order valence-electron chi connectivity index (χ2n) is 4.45. The molecule has 108 valence electrons. The summed E-state index contributed by atoms with van der Waals surface area (Å²) in [4.78, 5) is 30.1. The Morgan fingerprint density at radius 3 is 2.25 bits per heavy atom.